The van der Waals surface area contributed by atoms with Crippen LogP contribution in [0.1, 0.15) is 39.0 Å². The number of aliphatic hydroxyl groups excluding tert-OH is 1. The highest BCUT2D eigenvalue weighted by molar-refractivity contribution is 7.14. The number of hydrogen-bond donors (Lipinski definition) is 2. The van der Waals surface area contributed by atoms with Crippen LogP contribution < -0.4 is 5.32 Å². The summed E-state index contributed by atoms with van der Waals surface area (Å²) in [5.74, 6) is -0.0427. The fourth-order valence-electron chi connectivity index (χ4n) is 3.21. The molecule has 1 atom stereocenters. The lowest BCUT2D eigenvalue weighted by atomic mass is 10.1. The largest absolute Gasteiger partial charge is 0.395 e. The molecule has 6 nitrogen and oxygen atoms in total. The van der Waals surface area contributed by atoms with Crippen molar-refractivity contribution in [3.05, 3.63) is 45.9 Å². The highest BCUT2D eigenvalue weighted by Gasteiger charge is 2.31. The highest BCUT2D eigenvalue weighted by atomic mass is 32.1. The van der Waals surface area contributed by atoms with Crippen LogP contribution in [0.4, 0.5) is 0 Å². The van der Waals surface area contributed by atoms with Gasteiger partial charge in [0.05, 0.1) is 23.9 Å². The quantitative estimate of drug-likeness (QED) is 0.823. The first-order chi connectivity index (χ1) is 12.1. The van der Waals surface area contributed by atoms with Gasteiger partial charge in [0.2, 0.25) is 5.91 Å². The van der Waals surface area contributed by atoms with Gasteiger partial charge in [-0.3, -0.25) is 9.59 Å². The molecule has 2 amide bonds. The fraction of sp³-hybridized carbons (Fsp3) is 0.444. The topological polar surface area (TPSA) is 74.6 Å². The molecule has 2 aromatic heterocycles. The molecule has 134 valence electrons. The van der Waals surface area contributed by atoms with E-state index in [4.69, 9.17) is 5.11 Å². The molecule has 0 aromatic carbocycles. The van der Waals surface area contributed by atoms with Crippen LogP contribution in [-0.2, 0) is 18.3 Å². The summed E-state index contributed by atoms with van der Waals surface area (Å²) in [6.45, 7) is 0.936. The minimum absolute atomic E-state index is 0.0561. The number of hydrogen-bond acceptors (Lipinski definition) is 4. The average Bonchev–Trinajstić information content (AvgIpc) is 3.32. The molecule has 7 heteroatoms. The zero-order valence-corrected chi connectivity index (χ0v) is 15.1. The van der Waals surface area contributed by atoms with Crippen LogP contribution in [0.3, 0.4) is 0 Å². The lowest BCUT2D eigenvalue weighted by Gasteiger charge is -2.23. The molecule has 1 fully saturated rings. The van der Waals surface area contributed by atoms with E-state index in [1.165, 1.54) is 11.3 Å². The first-order valence-electron chi connectivity index (χ1n) is 8.47. The van der Waals surface area contributed by atoms with E-state index in [-0.39, 0.29) is 31.0 Å². The molecule has 3 rings (SSSR count). The third kappa shape index (κ3) is 4.11. The number of aliphatic hydroxyl groups is 1. The van der Waals surface area contributed by atoms with Crippen LogP contribution in [-0.4, -0.2) is 46.1 Å². The Labute approximate surface area is 151 Å². The lowest BCUT2D eigenvalue weighted by Crippen LogP contribution is -2.31. The molecular formula is C18H23N3O3S. The van der Waals surface area contributed by atoms with Crippen molar-refractivity contribution in [2.75, 3.05) is 19.7 Å². The molecule has 2 N–H and O–H groups in total. The van der Waals surface area contributed by atoms with Gasteiger partial charge in [0, 0.05) is 37.4 Å². The van der Waals surface area contributed by atoms with Crippen molar-refractivity contribution in [3.63, 3.8) is 0 Å². The van der Waals surface area contributed by atoms with Crippen LogP contribution in [0.25, 0.3) is 0 Å². The average molecular weight is 361 g/mol. The summed E-state index contributed by atoms with van der Waals surface area (Å²) in [5.41, 5.74) is 1.02. The Morgan fingerprint density at radius 2 is 2.20 bits per heavy atom. The summed E-state index contributed by atoms with van der Waals surface area (Å²) >= 11 is 1.43. The summed E-state index contributed by atoms with van der Waals surface area (Å²) in [5, 5.41) is 11.5. The van der Waals surface area contributed by atoms with Crippen molar-refractivity contribution in [3.8, 4) is 0 Å². The van der Waals surface area contributed by atoms with Gasteiger partial charge in [0.25, 0.3) is 5.91 Å². The molecule has 0 aliphatic carbocycles. The van der Waals surface area contributed by atoms with Crippen molar-refractivity contribution >= 4 is 23.2 Å². The van der Waals surface area contributed by atoms with Crippen molar-refractivity contribution in [2.45, 2.75) is 25.3 Å². The lowest BCUT2D eigenvalue weighted by molar-refractivity contribution is -0.131. The number of amides is 2. The van der Waals surface area contributed by atoms with Crippen LogP contribution in [0.15, 0.2) is 30.6 Å². The van der Waals surface area contributed by atoms with Crippen LogP contribution in [0.2, 0.25) is 0 Å². The van der Waals surface area contributed by atoms with Gasteiger partial charge in [-0.2, -0.15) is 0 Å². The predicted octanol–water partition coefficient (Wildman–Crippen LogP) is 1.71. The minimum Gasteiger partial charge on any atom is -0.395 e. The summed E-state index contributed by atoms with van der Waals surface area (Å²) in [6, 6.07) is 5.76. The fourth-order valence-corrected chi connectivity index (χ4v) is 4.29. The normalized spacial score (nSPS) is 17.0. The van der Waals surface area contributed by atoms with Crippen molar-refractivity contribution in [1.29, 1.82) is 0 Å². The number of carbonyl (C=O) groups is 2. The second-order valence-electron chi connectivity index (χ2n) is 6.29. The highest BCUT2D eigenvalue weighted by Crippen LogP contribution is 2.36. The van der Waals surface area contributed by atoms with E-state index in [9.17, 15) is 9.59 Å². The SMILES string of the molecule is Cn1ccc(CC(=O)N2CCC[C@H]2c2ccc(C(=O)NCCO)s2)c1. The van der Waals surface area contributed by atoms with Gasteiger partial charge in [-0.05, 0) is 36.6 Å². The van der Waals surface area contributed by atoms with Gasteiger partial charge in [0.1, 0.15) is 0 Å². The zero-order valence-electron chi connectivity index (χ0n) is 14.3. The Bertz CT molecular complexity index is 752. The van der Waals surface area contributed by atoms with E-state index in [1.807, 2.05) is 41.0 Å². The van der Waals surface area contributed by atoms with E-state index >= 15 is 0 Å². The number of nitrogens with one attached hydrogen (secondary N) is 1. The smallest absolute Gasteiger partial charge is 0.261 e. The predicted molar refractivity (Wildman–Crippen MR) is 96.5 cm³/mol. The monoisotopic (exact) mass is 361 g/mol. The van der Waals surface area contributed by atoms with Crippen molar-refractivity contribution in [2.24, 2.45) is 7.05 Å². The van der Waals surface area contributed by atoms with Gasteiger partial charge >= 0.3 is 0 Å². The maximum absolute atomic E-state index is 12.7. The van der Waals surface area contributed by atoms with Gasteiger partial charge in [-0.25, -0.2) is 0 Å². The number of likely N-dealkylation sites (tertiary alicyclic amines) is 1. The Morgan fingerprint density at radius 1 is 1.36 bits per heavy atom. The Hall–Kier alpha value is -2.12. The third-order valence-corrected chi connectivity index (χ3v) is 5.58. The number of aromatic nitrogens is 1. The number of thiophene rings is 1. The summed E-state index contributed by atoms with van der Waals surface area (Å²) in [4.78, 5) is 28.3. The minimum atomic E-state index is -0.176. The van der Waals surface area contributed by atoms with Gasteiger partial charge in [-0.1, -0.05) is 0 Å². The first-order valence-corrected chi connectivity index (χ1v) is 9.29. The molecule has 25 heavy (non-hydrogen) atoms. The second kappa shape index (κ2) is 7.84. The van der Waals surface area contributed by atoms with E-state index in [0.29, 0.717) is 11.3 Å². The van der Waals surface area contributed by atoms with Crippen LogP contribution in [0.5, 0.6) is 0 Å². The van der Waals surface area contributed by atoms with Crippen molar-refractivity contribution < 1.29 is 14.7 Å². The Morgan fingerprint density at radius 3 is 2.92 bits per heavy atom. The van der Waals surface area contributed by atoms with Gasteiger partial charge in [-0.15, -0.1) is 11.3 Å². The van der Waals surface area contributed by atoms with E-state index in [0.717, 1.165) is 29.8 Å². The van der Waals surface area contributed by atoms with E-state index in [2.05, 4.69) is 5.32 Å². The molecule has 0 unspecified atom stereocenters. The summed E-state index contributed by atoms with van der Waals surface area (Å²) in [7, 11) is 1.95. The summed E-state index contributed by atoms with van der Waals surface area (Å²) in [6.07, 6.45) is 6.23. The van der Waals surface area contributed by atoms with Gasteiger partial charge < -0.3 is 19.9 Å². The Balaban J connectivity index is 1.68. The second-order valence-corrected chi connectivity index (χ2v) is 7.40. The maximum Gasteiger partial charge on any atom is 0.261 e. The zero-order chi connectivity index (χ0) is 17.8. The molecule has 0 saturated carbocycles. The molecular weight excluding hydrogens is 338 g/mol. The number of nitrogens with zero attached hydrogens (tertiary/aromatic N) is 2. The van der Waals surface area contributed by atoms with E-state index < -0.39 is 0 Å². The van der Waals surface area contributed by atoms with Crippen LogP contribution >= 0.6 is 11.3 Å². The third-order valence-electron chi connectivity index (χ3n) is 4.40. The number of aryl methyl sites for hydroxylation is 1. The molecule has 2 aromatic rings. The molecule has 0 bridgehead atoms. The Kier molecular flexibility index (Phi) is 5.55. The maximum atomic E-state index is 12.7. The number of rotatable bonds is 6. The molecule has 3 heterocycles. The standard InChI is InChI=1S/C18H23N3O3S/c1-20-9-6-13(12-20)11-17(23)21-8-2-3-14(21)15-4-5-16(25-15)18(24)19-7-10-22/h4-6,9,12,14,22H,2-3,7-8,10-11H2,1H3,(H,19,24)/t14-/m0/s1. The van der Waals surface area contributed by atoms with Crippen molar-refractivity contribution in [1.82, 2.24) is 14.8 Å². The van der Waals surface area contributed by atoms with Gasteiger partial charge in [0.15, 0.2) is 0 Å². The van der Waals surface area contributed by atoms with Crippen LogP contribution in [0, 0.1) is 0 Å². The van der Waals surface area contributed by atoms with E-state index in [1.54, 1.807) is 6.07 Å². The summed E-state index contributed by atoms with van der Waals surface area (Å²) < 4.78 is 1.95. The number of carbonyl (C=O) groups excluding carboxylic acids is 2. The molecule has 0 radical (unpaired) electrons. The molecule has 1 aliphatic heterocycles. The first kappa shape index (κ1) is 17.7. The molecule has 1 aliphatic rings. The molecule has 0 spiro atoms. The molecule has 1 saturated heterocycles.